The van der Waals surface area contributed by atoms with Crippen LogP contribution in [0.3, 0.4) is 0 Å². The van der Waals surface area contributed by atoms with Crippen LogP contribution in [0.15, 0.2) is 46.9 Å². The molecule has 0 aliphatic carbocycles. The average Bonchev–Trinajstić information content (AvgIpc) is 3.18. The van der Waals surface area contributed by atoms with Gasteiger partial charge in [-0.05, 0) is 56.7 Å². The third kappa shape index (κ3) is 4.99. The number of nitrogens with zero attached hydrogens (tertiary/aromatic N) is 3. The van der Waals surface area contributed by atoms with Crippen LogP contribution in [0.4, 0.5) is 15.8 Å². The highest BCUT2D eigenvalue weighted by Gasteiger charge is 2.14. The normalized spacial score (nSPS) is 10.8. The zero-order chi connectivity index (χ0) is 20.8. The summed E-state index contributed by atoms with van der Waals surface area (Å²) < 4.78 is 19.3. The molecule has 0 saturated heterocycles. The maximum atomic E-state index is 13.8. The van der Waals surface area contributed by atoms with Crippen molar-refractivity contribution >= 4 is 17.3 Å². The first-order chi connectivity index (χ1) is 14.0. The molecule has 152 valence electrons. The third-order valence-corrected chi connectivity index (χ3v) is 4.75. The van der Waals surface area contributed by atoms with Crippen molar-refractivity contribution in [2.75, 3.05) is 23.3 Å². The predicted octanol–water partition coefficient (Wildman–Crippen LogP) is 4.60. The van der Waals surface area contributed by atoms with Crippen molar-refractivity contribution < 1.29 is 13.6 Å². The Labute approximate surface area is 169 Å². The number of aromatic nitrogens is 2. The van der Waals surface area contributed by atoms with Crippen molar-refractivity contribution in [1.82, 2.24) is 10.2 Å². The summed E-state index contributed by atoms with van der Waals surface area (Å²) in [5.41, 5.74) is 3.17. The van der Waals surface area contributed by atoms with Gasteiger partial charge in [0.25, 0.3) is 5.89 Å². The molecule has 0 aliphatic heterocycles. The number of anilines is 2. The van der Waals surface area contributed by atoms with Gasteiger partial charge in [0.1, 0.15) is 5.82 Å². The summed E-state index contributed by atoms with van der Waals surface area (Å²) in [5, 5.41) is 10.7. The third-order valence-electron chi connectivity index (χ3n) is 4.75. The van der Waals surface area contributed by atoms with E-state index in [1.54, 1.807) is 18.2 Å². The molecule has 1 aromatic heterocycles. The Bertz CT molecular complexity index is 982. The molecule has 3 rings (SSSR count). The molecule has 0 unspecified atom stereocenters. The second kappa shape index (κ2) is 9.32. The number of carbonyl (C=O) groups excluding carboxylic acids is 1. The fourth-order valence-corrected chi connectivity index (χ4v) is 3.10. The highest BCUT2D eigenvalue weighted by Crippen LogP contribution is 2.24. The lowest BCUT2D eigenvalue weighted by atomic mass is 10.1. The quantitative estimate of drug-likeness (QED) is 0.602. The van der Waals surface area contributed by atoms with Crippen molar-refractivity contribution in [2.24, 2.45) is 0 Å². The molecule has 0 atom stereocenters. The van der Waals surface area contributed by atoms with E-state index in [0.29, 0.717) is 5.89 Å². The van der Waals surface area contributed by atoms with Crippen molar-refractivity contribution in [1.29, 1.82) is 0 Å². The standard InChI is InChI=1S/C22H25FN4O2/c1-4-27(5-2)16-10-11-19(15(3)14-16)24-20(28)12-13-21-25-26-22(29-21)17-8-6-7-9-18(17)23/h6-11,14H,4-5,12-13H2,1-3H3,(H,24,28). The molecule has 29 heavy (non-hydrogen) atoms. The lowest BCUT2D eigenvalue weighted by Gasteiger charge is -2.22. The first-order valence-electron chi connectivity index (χ1n) is 9.74. The summed E-state index contributed by atoms with van der Waals surface area (Å²) in [6.45, 7) is 8.07. The van der Waals surface area contributed by atoms with Gasteiger partial charge in [0, 0.05) is 37.3 Å². The number of rotatable bonds is 8. The molecule has 1 N–H and O–H groups in total. The van der Waals surface area contributed by atoms with E-state index in [4.69, 9.17) is 4.42 Å². The van der Waals surface area contributed by atoms with Gasteiger partial charge in [0.15, 0.2) is 0 Å². The molecule has 0 spiro atoms. The Morgan fingerprint density at radius 2 is 1.90 bits per heavy atom. The van der Waals surface area contributed by atoms with Gasteiger partial charge < -0.3 is 14.6 Å². The predicted molar refractivity (Wildman–Crippen MR) is 111 cm³/mol. The van der Waals surface area contributed by atoms with Gasteiger partial charge in [-0.2, -0.15) is 0 Å². The maximum Gasteiger partial charge on any atom is 0.250 e. The van der Waals surface area contributed by atoms with E-state index in [1.807, 2.05) is 19.1 Å². The van der Waals surface area contributed by atoms with Crippen molar-refractivity contribution in [3.63, 3.8) is 0 Å². The summed E-state index contributed by atoms with van der Waals surface area (Å²) in [5.74, 6) is -0.160. The zero-order valence-electron chi connectivity index (χ0n) is 16.9. The second-order valence-corrected chi connectivity index (χ2v) is 6.70. The summed E-state index contributed by atoms with van der Waals surface area (Å²) in [6, 6.07) is 12.2. The molecule has 0 fully saturated rings. The molecule has 7 heteroatoms. The number of carbonyl (C=O) groups is 1. The van der Waals surface area contributed by atoms with E-state index in [1.165, 1.54) is 6.07 Å². The fourth-order valence-electron chi connectivity index (χ4n) is 3.10. The van der Waals surface area contributed by atoms with Gasteiger partial charge in [-0.15, -0.1) is 10.2 Å². The van der Waals surface area contributed by atoms with E-state index >= 15 is 0 Å². The van der Waals surface area contributed by atoms with Crippen LogP contribution < -0.4 is 10.2 Å². The lowest BCUT2D eigenvalue weighted by molar-refractivity contribution is -0.116. The topological polar surface area (TPSA) is 71.3 Å². The van der Waals surface area contributed by atoms with Crippen molar-refractivity contribution in [3.05, 3.63) is 59.7 Å². The minimum atomic E-state index is -0.427. The number of hydrogen-bond acceptors (Lipinski definition) is 5. The highest BCUT2D eigenvalue weighted by molar-refractivity contribution is 5.91. The first-order valence-corrected chi connectivity index (χ1v) is 9.74. The monoisotopic (exact) mass is 396 g/mol. The SMILES string of the molecule is CCN(CC)c1ccc(NC(=O)CCc2nnc(-c3ccccc3F)o2)c(C)c1. The molecule has 1 amide bonds. The van der Waals surface area contributed by atoms with Crippen molar-refractivity contribution in [3.8, 4) is 11.5 Å². The maximum absolute atomic E-state index is 13.8. The van der Waals surface area contributed by atoms with Gasteiger partial charge in [-0.1, -0.05) is 12.1 Å². The molecule has 6 nitrogen and oxygen atoms in total. The van der Waals surface area contributed by atoms with Gasteiger partial charge >= 0.3 is 0 Å². The molecule has 0 bridgehead atoms. The van der Waals surface area contributed by atoms with E-state index in [9.17, 15) is 9.18 Å². The van der Waals surface area contributed by atoms with E-state index in [-0.39, 0.29) is 30.2 Å². The van der Waals surface area contributed by atoms with E-state index in [0.717, 1.165) is 30.0 Å². The Morgan fingerprint density at radius 3 is 2.59 bits per heavy atom. The molecule has 2 aromatic carbocycles. The van der Waals surface area contributed by atoms with Crippen LogP contribution in [0.5, 0.6) is 0 Å². The van der Waals surface area contributed by atoms with Crippen LogP contribution in [0.25, 0.3) is 11.5 Å². The van der Waals surface area contributed by atoms with E-state index in [2.05, 4.69) is 40.3 Å². The summed E-state index contributed by atoms with van der Waals surface area (Å²) in [6.07, 6.45) is 0.472. The Morgan fingerprint density at radius 1 is 1.14 bits per heavy atom. The molecule has 3 aromatic rings. The average molecular weight is 396 g/mol. The van der Waals surface area contributed by atoms with Crippen LogP contribution in [-0.2, 0) is 11.2 Å². The summed E-state index contributed by atoms with van der Waals surface area (Å²) in [4.78, 5) is 14.6. The highest BCUT2D eigenvalue weighted by atomic mass is 19.1. The first kappa shape index (κ1) is 20.5. The fraction of sp³-hybridized carbons (Fsp3) is 0.318. The minimum Gasteiger partial charge on any atom is -0.421 e. The number of hydrogen-bond donors (Lipinski definition) is 1. The number of aryl methyl sites for hydroxylation is 2. The van der Waals surface area contributed by atoms with E-state index < -0.39 is 5.82 Å². The Kier molecular flexibility index (Phi) is 6.59. The Hall–Kier alpha value is -3.22. The summed E-state index contributed by atoms with van der Waals surface area (Å²) >= 11 is 0. The van der Waals surface area contributed by atoms with Gasteiger partial charge in [-0.25, -0.2) is 4.39 Å². The number of halogens is 1. The van der Waals surface area contributed by atoms with Crippen molar-refractivity contribution in [2.45, 2.75) is 33.6 Å². The molecule has 1 heterocycles. The van der Waals surface area contributed by atoms with Crippen LogP contribution in [0.2, 0.25) is 0 Å². The largest absolute Gasteiger partial charge is 0.421 e. The van der Waals surface area contributed by atoms with Crippen LogP contribution in [0, 0.1) is 12.7 Å². The number of benzene rings is 2. The van der Waals surface area contributed by atoms with Gasteiger partial charge in [-0.3, -0.25) is 4.79 Å². The minimum absolute atomic E-state index is 0.112. The van der Waals surface area contributed by atoms with Crippen LogP contribution in [-0.4, -0.2) is 29.2 Å². The smallest absolute Gasteiger partial charge is 0.250 e. The lowest BCUT2D eigenvalue weighted by Crippen LogP contribution is -2.22. The summed E-state index contributed by atoms with van der Waals surface area (Å²) in [7, 11) is 0. The molecule has 0 radical (unpaired) electrons. The van der Waals surface area contributed by atoms with Gasteiger partial charge in [0.2, 0.25) is 11.8 Å². The second-order valence-electron chi connectivity index (χ2n) is 6.70. The van der Waals surface area contributed by atoms with Crippen LogP contribution in [0.1, 0.15) is 31.7 Å². The number of nitrogens with one attached hydrogen (secondary N) is 1. The number of amides is 1. The van der Waals surface area contributed by atoms with Gasteiger partial charge in [0.05, 0.1) is 5.56 Å². The van der Waals surface area contributed by atoms with Crippen LogP contribution >= 0.6 is 0 Å². The zero-order valence-corrected chi connectivity index (χ0v) is 16.9. The Balaban J connectivity index is 1.59. The molecular weight excluding hydrogens is 371 g/mol. The molecule has 0 saturated carbocycles. The molecular formula is C22H25FN4O2. The molecule has 0 aliphatic rings.